The van der Waals surface area contributed by atoms with Crippen molar-refractivity contribution in [2.24, 2.45) is 0 Å². The number of aliphatic carboxylic acids is 1. The molecule has 0 heterocycles. The summed E-state index contributed by atoms with van der Waals surface area (Å²) in [5.41, 5.74) is 1.65. The van der Waals surface area contributed by atoms with Crippen LogP contribution in [-0.4, -0.2) is 23.7 Å². The van der Waals surface area contributed by atoms with Crippen molar-refractivity contribution in [3.05, 3.63) is 29.8 Å². The molecule has 0 amide bonds. The van der Waals surface area contributed by atoms with Crippen LogP contribution in [0, 0.1) is 11.3 Å². The van der Waals surface area contributed by atoms with Gasteiger partial charge in [-0.2, -0.15) is 5.26 Å². The van der Waals surface area contributed by atoms with E-state index in [2.05, 4.69) is 24.8 Å². The fourth-order valence-corrected chi connectivity index (χ4v) is 1.81. The lowest BCUT2D eigenvalue weighted by Crippen LogP contribution is -2.31. The lowest BCUT2D eigenvalue weighted by Gasteiger charge is -2.29. The van der Waals surface area contributed by atoms with Gasteiger partial charge in [-0.1, -0.05) is 0 Å². The lowest BCUT2D eigenvalue weighted by atomic mass is 10.1. The maximum Gasteiger partial charge on any atom is 0.303 e. The molecule has 1 rings (SSSR count). The van der Waals surface area contributed by atoms with Gasteiger partial charge < -0.3 is 10.0 Å². The molecule has 0 atom stereocenters. The van der Waals surface area contributed by atoms with Crippen LogP contribution in [0.15, 0.2) is 24.3 Å². The van der Waals surface area contributed by atoms with E-state index < -0.39 is 5.97 Å². The summed E-state index contributed by atoms with van der Waals surface area (Å²) in [5, 5.41) is 17.4. The van der Waals surface area contributed by atoms with Gasteiger partial charge in [-0.25, -0.2) is 0 Å². The van der Waals surface area contributed by atoms with Gasteiger partial charge in [0.15, 0.2) is 0 Å². The molecular formula is C14H18N2O2. The summed E-state index contributed by atoms with van der Waals surface area (Å²) < 4.78 is 0. The van der Waals surface area contributed by atoms with Gasteiger partial charge in [-0.05, 0) is 44.5 Å². The molecule has 1 aromatic rings. The molecule has 0 spiro atoms. The molecule has 0 saturated carbocycles. The summed E-state index contributed by atoms with van der Waals surface area (Å²) in [6, 6.07) is 9.75. The first kappa shape index (κ1) is 14.0. The maximum atomic E-state index is 10.5. The zero-order valence-corrected chi connectivity index (χ0v) is 10.8. The number of anilines is 1. The van der Waals surface area contributed by atoms with E-state index in [-0.39, 0.29) is 6.42 Å². The molecule has 96 valence electrons. The van der Waals surface area contributed by atoms with E-state index >= 15 is 0 Å². The molecule has 4 nitrogen and oxygen atoms in total. The fraction of sp³-hybridized carbons (Fsp3) is 0.429. The third-order valence-corrected chi connectivity index (χ3v) is 2.74. The number of carboxylic acids is 1. The Morgan fingerprint density at radius 3 is 2.44 bits per heavy atom. The number of nitrogens with zero attached hydrogens (tertiary/aromatic N) is 2. The van der Waals surface area contributed by atoms with Crippen LogP contribution in [0.2, 0.25) is 0 Å². The van der Waals surface area contributed by atoms with Crippen LogP contribution in [-0.2, 0) is 4.79 Å². The molecule has 0 aliphatic carbocycles. The molecule has 0 aliphatic rings. The summed E-state index contributed by atoms with van der Waals surface area (Å²) in [6.45, 7) is 4.84. The SMILES string of the molecule is CC(C)N(CCCC(=O)O)c1ccc(C#N)cc1. The molecule has 0 aromatic heterocycles. The summed E-state index contributed by atoms with van der Waals surface area (Å²) >= 11 is 0. The Morgan fingerprint density at radius 1 is 1.39 bits per heavy atom. The normalized spacial score (nSPS) is 10.1. The van der Waals surface area contributed by atoms with Gasteiger partial charge in [-0.3, -0.25) is 4.79 Å². The van der Waals surface area contributed by atoms with Gasteiger partial charge in [0.25, 0.3) is 0 Å². The predicted octanol–water partition coefficient (Wildman–Crippen LogP) is 2.64. The van der Waals surface area contributed by atoms with Gasteiger partial charge in [-0.15, -0.1) is 0 Å². The highest BCUT2D eigenvalue weighted by Gasteiger charge is 2.10. The van der Waals surface area contributed by atoms with Gasteiger partial charge in [0.2, 0.25) is 0 Å². The first-order valence-electron chi connectivity index (χ1n) is 6.03. The zero-order chi connectivity index (χ0) is 13.5. The van der Waals surface area contributed by atoms with Crippen LogP contribution in [0.3, 0.4) is 0 Å². The van der Waals surface area contributed by atoms with Crippen LogP contribution >= 0.6 is 0 Å². The predicted molar refractivity (Wildman–Crippen MR) is 70.5 cm³/mol. The Kier molecular flexibility index (Phi) is 5.19. The van der Waals surface area contributed by atoms with Crippen LogP contribution in [0.1, 0.15) is 32.3 Å². The first-order chi connectivity index (χ1) is 8.54. The first-order valence-corrected chi connectivity index (χ1v) is 6.03. The second kappa shape index (κ2) is 6.65. The molecular weight excluding hydrogens is 228 g/mol. The number of hydrogen-bond donors (Lipinski definition) is 1. The molecule has 1 N–H and O–H groups in total. The molecule has 0 saturated heterocycles. The van der Waals surface area contributed by atoms with Crippen LogP contribution < -0.4 is 4.90 Å². The van der Waals surface area contributed by atoms with E-state index in [1.807, 2.05) is 12.1 Å². The standard InChI is InChI=1S/C14H18N2O2/c1-11(2)16(9-3-4-14(17)18)13-7-5-12(10-15)6-8-13/h5-8,11H,3-4,9H2,1-2H3,(H,17,18). The van der Waals surface area contributed by atoms with E-state index in [1.54, 1.807) is 12.1 Å². The largest absolute Gasteiger partial charge is 0.481 e. The maximum absolute atomic E-state index is 10.5. The summed E-state index contributed by atoms with van der Waals surface area (Å²) in [6.07, 6.45) is 0.799. The van der Waals surface area contributed by atoms with E-state index in [0.29, 0.717) is 24.6 Å². The molecule has 0 fully saturated rings. The third kappa shape index (κ3) is 4.10. The summed E-state index contributed by atoms with van der Waals surface area (Å²) in [4.78, 5) is 12.7. The van der Waals surface area contributed by atoms with Crippen molar-refractivity contribution >= 4 is 11.7 Å². The second-order valence-corrected chi connectivity index (χ2v) is 4.44. The van der Waals surface area contributed by atoms with E-state index in [1.165, 1.54) is 0 Å². The van der Waals surface area contributed by atoms with Crippen LogP contribution in [0.5, 0.6) is 0 Å². The highest BCUT2D eigenvalue weighted by Crippen LogP contribution is 2.18. The minimum Gasteiger partial charge on any atom is -0.481 e. The minimum atomic E-state index is -0.765. The number of carboxylic acid groups (broad SMARTS) is 1. The third-order valence-electron chi connectivity index (χ3n) is 2.74. The van der Waals surface area contributed by atoms with Crippen molar-refractivity contribution in [1.29, 1.82) is 5.26 Å². The fourth-order valence-electron chi connectivity index (χ4n) is 1.81. The van der Waals surface area contributed by atoms with E-state index in [9.17, 15) is 4.79 Å². The Labute approximate surface area is 107 Å². The Hall–Kier alpha value is -2.02. The number of hydrogen-bond acceptors (Lipinski definition) is 3. The topological polar surface area (TPSA) is 64.3 Å². The highest BCUT2D eigenvalue weighted by atomic mass is 16.4. The van der Waals surface area contributed by atoms with Crippen molar-refractivity contribution in [2.45, 2.75) is 32.7 Å². The lowest BCUT2D eigenvalue weighted by molar-refractivity contribution is -0.137. The van der Waals surface area contributed by atoms with Crippen molar-refractivity contribution in [1.82, 2.24) is 0 Å². The Morgan fingerprint density at radius 2 is 2.00 bits per heavy atom. The van der Waals surface area contributed by atoms with Crippen molar-refractivity contribution in [2.75, 3.05) is 11.4 Å². The molecule has 0 unspecified atom stereocenters. The summed E-state index contributed by atoms with van der Waals surface area (Å²) in [7, 11) is 0. The number of carbonyl (C=O) groups is 1. The zero-order valence-electron chi connectivity index (χ0n) is 10.8. The number of benzene rings is 1. The van der Waals surface area contributed by atoms with Gasteiger partial charge in [0, 0.05) is 24.7 Å². The molecule has 1 aromatic carbocycles. The molecule has 4 heteroatoms. The van der Waals surface area contributed by atoms with Crippen molar-refractivity contribution in [3.63, 3.8) is 0 Å². The van der Waals surface area contributed by atoms with Crippen LogP contribution in [0.4, 0.5) is 5.69 Å². The molecule has 18 heavy (non-hydrogen) atoms. The van der Waals surface area contributed by atoms with Crippen molar-refractivity contribution in [3.8, 4) is 6.07 Å². The smallest absolute Gasteiger partial charge is 0.303 e. The molecule has 0 bridgehead atoms. The Balaban J connectivity index is 2.71. The average molecular weight is 246 g/mol. The molecule has 0 radical (unpaired) electrons. The molecule has 0 aliphatic heterocycles. The summed E-state index contributed by atoms with van der Waals surface area (Å²) in [5.74, 6) is -0.765. The quantitative estimate of drug-likeness (QED) is 0.838. The average Bonchev–Trinajstić information content (AvgIpc) is 2.34. The monoisotopic (exact) mass is 246 g/mol. The second-order valence-electron chi connectivity index (χ2n) is 4.44. The van der Waals surface area contributed by atoms with E-state index in [0.717, 1.165) is 5.69 Å². The highest BCUT2D eigenvalue weighted by molar-refractivity contribution is 5.66. The number of rotatable bonds is 6. The van der Waals surface area contributed by atoms with Gasteiger partial charge in [0.05, 0.1) is 11.6 Å². The van der Waals surface area contributed by atoms with Crippen molar-refractivity contribution < 1.29 is 9.90 Å². The van der Waals surface area contributed by atoms with E-state index in [4.69, 9.17) is 10.4 Å². The Bertz CT molecular complexity index is 432. The minimum absolute atomic E-state index is 0.180. The van der Waals surface area contributed by atoms with Gasteiger partial charge >= 0.3 is 5.97 Å². The van der Waals surface area contributed by atoms with Gasteiger partial charge in [0.1, 0.15) is 0 Å². The van der Waals surface area contributed by atoms with Crippen LogP contribution in [0.25, 0.3) is 0 Å². The number of nitriles is 1.